The van der Waals surface area contributed by atoms with E-state index in [0.29, 0.717) is 12.2 Å². The summed E-state index contributed by atoms with van der Waals surface area (Å²) in [4.78, 5) is 87.4. The summed E-state index contributed by atoms with van der Waals surface area (Å²) >= 11 is 1.02. The largest absolute Gasteiger partial charge is 0.481 e. The molecule has 0 saturated carbocycles. The molecule has 0 aromatic carbocycles. The van der Waals surface area contributed by atoms with Gasteiger partial charge in [0, 0.05) is 30.7 Å². The van der Waals surface area contributed by atoms with Crippen molar-refractivity contribution >= 4 is 69.1 Å². The molecule has 310 valence electrons. The van der Waals surface area contributed by atoms with Crippen LogP contribution in [0, 0.1) is 5.41 Å². The molecule has 28 heteroatoms. The summed E-state index contributed by atoms with van der Waals surface area (Å²) in [5, 5.41) is 26.4. The molecule has 1 aliphatic heterocycles. The van der Waals surface area contributed by atoms with Crippen LogP contribution in [0.1, 0.15) is 40.5 Å². The molecule has 3 heterocycles. The van der Waals surface area contributed by atoms with Gasteiger partial charge in [0.05, 0.1) is 19.5 Å². The first-order chi connectivity index (χ1) is 25.4. The number of phosphoric acid groups is 3. The number of amides is 2. The summed E-state index contributed by atoms with van der Waals surface area (Å²) in [7, 11) is -16.4. The Bertz CT molecular complexity index is 1860. The number of aliphatic hydroxyl groups is 2. The van der Waals surface area contributed by atoms with Gasteiger partial charge in [-0.25, -0.2) is 28.6 Å². The highest BCUT2D eigenvalue weighted by Gasteiger charge is 2.57. The lowest BCUT2D eigenvalue weighted by Gasteiger charge is -2.30. The molecule has 7 unspecified atom stereocenters. The molecule has 2 aromatic rings. The predicted octanol–water partition coefficient (Wildman–Crippen LogP) is -0.195. The number of imidazole rings is 1. The van der Waals surface area contributed by atoms with Crippen LogP contribution in [-0.2, 0) is 56.4 Å². The number of phosphoric ester groups is 3. The van der Waals surface area contributed by atoms with E-state index in [2.05, 4.69) is 29.9 Å². The van der Waals surface area contributed by atoms with Crippen molar-refractivity contribution in [1.82, 2.24) is 30.2 Å². The monoisotopic (exact) mass is 863 g/mol. The van der Waals surface area contributed by atoms with Crippen LogP contribution in [0.3, 0.4) is 0 Å². The van der Waals surface area contributed by atoms with Crippen molar-refractivity contribution in [1.29, 1.82) is 0 Å². The Kier molecular flexibility index (Phi) is 16.3. The Labute approximate surface area is 318 Å². The lowest BCUT2D eigenvalue weighted by Crippen LogP contribution is -2.46. The van der Waals surface area contributed by atoms with Crippen LogP contribution >= 0.6 is 35.2 Å². The minimum atomic E-state index is -5.59. The number of carbonyl (C=O) groups excluding carboxylic acids is 3. The van der Waals surface area contributed by atoms with E-state index >= 15 is 0 Å². The number of thioether (sulfide) groups is 1. The van der Waals surface area contributed by atoms with Gasteiger partial charge < -0.3 is 50.9 Å². The van der Waals surface area contributed by atoms with E-state index in [1.165, 1.54) is 26.8 Å². The number of carbonyl (C=O) groups is 3. The fourth-order valence-corrected chi connectivity index (χ4v) is 8.27. The normalized spacial score (nSPS) is 23.3. The van der Waals surface area contributed by atoms with Crippen molar-refractivity contribution in [2.24, 2.45) is 5.41 Å². The number of ether oxygens (including phenoxy) is 1. The molecular weight excluding hydrogens is 819 g/mol. The van der Waals surface area contributed by atoms with Crippen molar-refractivity contribution in [2.75, 3.05) is 37.8 Å². The Morgan fingerprint density at radius 3 is 2.44 bits per heavy atom. The first-order valence-electron chi connectivity index (χ1n) is 16.2. The number of nitrogens with two attached hydrogens (primary N) is 1. The lowest BCUT2D eigenvalue weighted by atomic mass is 9.87. The third kappa shape index (κ3) is 13.4. The number of aliphatic hydroxyl groups excluding tert-OH is 2. The molecule has 0 aliphatic carbocycles. The molecule has 1 saturated heterocycles. The van der Waals surface area contributed by atoms with Gasteiger partial charge in [0.1, 0.15) is 36.3 Å². The highest BCUT2D eigenvalue weighted by Crippen LogP contribution is 2.61. The van der Waals surface area contributed by atoms with E-state index in [0.717, 1.165) is 29.0 Å². The standard InChI is InChI=1S/C27H44N7O17P3S/c1-5-6-7-18(36)55-11-10-29-17(35)8-9-30-25(39)22(38)26(2,3)13-48-54(45,46)51-53(43,44)47-12-16-20(50-52(40,41)42)21(37)27(4,49-16)34-15-33-19-23(28)31-14-32-24(19)34/h6-7,14-16,20-22,37-38H,5,8-13H2,1-4H3,(H,29,35)(H,30,39)(H,43,44)(H,45,46)(H2,28,31,32)(H2,40,41,42). The van der Waals surface area contributed by atoms with Crippen molar-refractivity contribution in [2.45, 2.75) is 70.7 Å². The zero-order valence-electron chi connectivity index (χ0n) is 29.9. The zero-order valence-corrected chi connectivity index (χ0v) is 33.4. The van der Waals surface area contributed by atoms with Crippen LogP contribution in [0.25, 0.3) is 11.2 Å². The van der Waals surface area contributed by atoms with E-state index in [1.54, 1.807) is 6.08 Å². The summed E-state index contributed by atoms with van der Waals surface area (Å²) in [5.41, 5.74) is 2.30. The van der Waals surface area contributed by atoms with Gasteiger partial charge >= 0.3 is 23.5 Å². The third-order valence-electron chi connectivity index (χ3n) is 7.72. The maximum absolute atomic E-state index is 12.7. The molecule has 3 rings (SSSR count). The van der Waals surface area contributed by atoms with Crippen LogP contribution in [0.2, 0.25) is 0 Å². The van der Waals surface area contributed by atoms with Gasteiger partial charge in [0.25, 0.3) is 0 Å². The summed E-state index contributed by atoms with van der Waals surface area (Å²) in [6.07, 6.45) is -1.63. The molecule has 7 atom stereocenters. The SMILES string of the molecule is CCC=CC(=O)SCCNC(=O)CCNC(=O)C(O)C(C)(C)COP(=O)(O)OP(=O)(O)OCC1OC(C)(n2cnc3c(N)ncnc32)C(O)C1OP(=O)(O)O. The first kappa shape index (κ1) is 46.7. The maximum Gasteiger partial charge on any atom is 0.481 e. The minimum absolute atomic E-state index is 0.0187. The number of aromatic nitrogens is 4. The van der Waals surface area contributed by atoms with Crippen LogP contribution in [0.15, 0.2) is 24.8 Å². The molecule has 10 N–H and O–H groups in total. The van der Waals surface area contributed by atoms with Crippen LogP contribution in [-0.4, -0.2) is 123 Å². The lowest BCUT2D eigenvalue weighted by molar-refractivity contribution is -0.137. The fraction of sp³-hybridized carbons (Fsp3) is 0.630. The van der Waals surface area contributed by atoms with Crippen molar-refractivity contribution < 1.29 is 80.5 Å². The summed E-state index contributed by atoms with van der Waals surface area (Å²) < 4.78 is 62.6. The van der Waals surface area contributed by atoms with E-state index < -0.39 is 84.1 Å². The quantitative estimate of drug-likeness (QED) is 0.0446. The third-order valence-corrected chi connectivity index (χ3v) is 11.7. The van der Waals surface area contributed by atoms with Crippen LogP contribution < -0.4 is 16.4 Å². The van der Waals surface area contributed by atoms with Gasteiger partial charge in [-0.1, -0.05) is 38.6 Å². The summed E-state index contributed by atoms with van der Waals surface area (Å²) in [5.74, 6) is -1.13. The van der Waals surface area contributed by atoms with Crippen molar-refractivity contribution in [3.8, 4) is 0 Å². The molecule has 2 aromatic heterocycles. The smallest absolute Gasteiger partial charge is 0.385 e. The molecule has 55 heavy (non-hydrogen) atoms. The molecule has 1 aliphatic rings. The Morgan fingerprint density at radius 2 is 1.78 bits per heavy atom. The predicted molar refractivity (Wildman–Crippen MR) is 191 cm³/mol. The maximum atomic E-state index is 12.7. The number of nitrogens with zero attached hydrogens (tertiary/aromatic N) is 4. The second kappa shape index (κ2) is 19.2. The first-order valence-corrected chi connectivity index (χ1v) is 21.7. The number of rotatable bonds is 21. The summed E-state index contributed by atoms with van der Waals surface area (Å²) in [6, 6.07) is 0. The molecule has 1 fully saturated rings. The van der Waals surface area contributed by atoms with E-state index in [1.807, 2.05) is 6.92 Å². The Morgan fingerprint density at radius 1 is 1.11 bits per heavy atom. The molecule has 2 amide bonds. The number of fused-ring (bicyclic) bond motifs is 1. The van der Waals surface area contributed by atoms with E-state index in [9.17, 15) is 57.9 Å². The second-order valence-corrected chi connectivity index (χ2v) is 17.9. The molecule has 0 radical (unpaired) electrons. The van der Waals surface area contributed by atoms with Gasteiger partial charge in [-0.3, -0.25) is 32.5 Å². The van der Waals surface area contributed by atoms with Gasteiger partial charge in [0.15, 0.2) is 17.2 Å². The number of allylic oxidation sites excluding steroid dienone is 1. The van der Waals surface area contributed by atoms with Crippen LogP contribution in [0.4, 0.5) is 5.82 Å². The Hall–Kier alpha value is -2.70. The molecule has 0 bridgehead atoms. The number of hydrogen-bond acceptors (Lipinski definition) is 18. The topological polar surface area (TPSA) is 364 Å². The minimum Gasteiger partial charge on any atom is -0.385 e. The average Bonchev–Trinajstić information content (AvgIpc) is 3.63. The fourth-order valence-electron chi connectivity index (χ4n) is 4.86. The molecule has 0 spiro atoms. The summed E-state index contributed by atoms with van der Waals surface area (Å²) in [6.45, 7) is 3.59. The van der Waals surface area contributed by atoms with Gasteiger partial charge in [-0.15, -0.1) is 0 Å². The second-order valence-electron chi connectivity index (χ2n) is 12.6. The van der Waals surface area contributed by atoms with Gasteiger partial charge in [0.2, 0.25) is 16.9 Å². The average molecular weight is 864 g/mol. The molecular formula is C27H44N7O17P3S. The van der Waals surface area contributed by atoms with Gasteiger partial charge in [-0.05, 0) is 19.4 Å². The zero-order chi connectivity index (χ0) is 41.4. The number of anilines is 1. The number of nitrogen functional groups attached to an aromatic ring is 1. The van der Waals surface area contributed by atoms with Crippen molar-refractivity contribution in [3.05, 3.63) is 24.8 Å². The van der Waals surface area contributed by atoms with Crippen molar-refractivity contribution in [3.63, 3.8) is 0 Å². The Balaban J connectivity index is 1.54. The van der Waals surface area contributed by atoms with Gasteiger partial charge in [-0.2, -0.15) is 4.31 Å². The molecule has 24 nitrogen and oxygen atoms in total. The van der Waals surface area contributed by atoms with E-state index in [-0.39, 0.29) is 41.6 Å². The highest BCUT2D eigenvalue weighted by atomic mass is 32.2. The highest BCUT2D eigenvalue weighted by molar-refractivity contribution is 8.14. The number of hydrogen-bond donors (Lipinski definition) is 9. The van der Waals surface area contributed by atoms with Crippen LogP contribution in [0.5, 0.6) is 0 Å². The number of nitrogens with one attached hydrogen (secondary N) is 2. The van der Waals surface area contributed by atoms with E-state index in [4.69, 9.17) is 24.0 Å².